The topological polar surface area (TPSA) is 17.6 Å². The molecule has 26 heavy (non-hydrogen) atoms. The van der Waals surface area contributed by atoms with Crippen LogP contribution in [0.1, 0.15) is 22.8 Å². The van der Waals surface area contributed by atoms with Gasteiger partial charge in [-0.05, 0) is 34.0 Å². The molecule has 0 saturated carbocycles. The van der Waals surface area contributed by atoms with Gasteiger partial charge in [-0.1, -0.05) is 24.3 Å². The average Bonchev–Trinajstić information content (AvgIpc) is 3.12. The van der Waals surface area contributed by atoms with E-state index in [-0.39, 0.29) is 0 Å². The molecule has 0 fully saturated rings. The van der Waals surface area contributed by atoms with Crippen molar-refractivity contribution < 1.29 is 9.13 Å². The van der Waals surface area contributed by atoms with Gasteiger partial charge < -0.3 is 0 Å². The van der Waals surface area contributed by atoms with Crippen molar-refractivity contribution in [3.05, 3.63) is 84.0 Å². The molecule has 0 aliphatic carbocycles. The van der Waals surface area contributed by atoms with E-state index >= 15 is 0 Å². The molecule has 0 radical (unpaired) electrons. The summed E-state index contributed by atoms with van der Waals surface area (Å²) in [6, 6.07) is 13.6. The van der Waals surface area contributed by atoms with Gasteiger partial charge in [-0.2, -0.15) is 0 Å². The Bertz CT molecular complexity index is 997. The molecule has 0 amide bonds. The van der Waals surface area contributed by atoms with Crippen LogP contribution in [0, 0.1) is 13.8 Å². The van der Waals surface area contributed by atoms with Crippen molar-refractivity contribution in [3.63, 3.8) is 0 Å². The van der Waals surface area contributed by atoms with Gasteiger partial charge in [0, 0.05) is 13.8 Å². The molecule has 0 bridgehead atoms. The lowest BCUT2D eigenvalue weighted by atomic mass is 10.0. The standard InChI is InChI=1S/C22H26N4/c1-17-23(3)9-11-25(17)15-19-5-7-22-14-20(6-8-21(22)13-19)16-26-12-10-24(4)18(26)2/h5-14H,15-16H2,1-4H3/q+2. The lowest BCUT2D eigenvalue weighted by Gasteiger charge is -2.06. The Balaban J connectivity index is 1.60. The zero-order valence-corrected chi connectivity index (χ0v) is 16.0. The molecular formula is C22H26N4+2. The van der Waals surface area contributed by atoms with Gasteiger partial charge in [0.05, 0.1) is 14.1 Å². The fourth-order valence-electron chi connectivity index (χ4n) is 3.47. The minimum absolute atomic E-state index is 0.906. The normalized spacial score (nSPS) is 11.4. The molecule has 4 aromatic rings. The van der Waals surface area contributed by atoms with Gasteiger partial charge in [0.25, 0.3) is 11.6 Å². The van der Waals surface area contributed by atoms with Gasteiger partial charge in [0.2, 0.25) is 0 Å². The van der Waals surface area contributed by atoms with Crippen molar-refractivity contribution in [3.8, 4) is 0 Å². The van der Waals surface area contributed by atoms with E-state index in [2.05, 4.69) is 107 Å². The predicted molar refractivity (Wildman–Crippen MR) is 103 cm³/mol. The fraction of sp³-hybridized carbons (Fsp3) is 0.273. The van der Waals surface area contributed by atoms with E-state index in [1.807, 2.05) is 0 Å². The van der Waals surface area contributed by atoms with Crippen LogP contribution in [0.2, 0.25) is 0 Å². The van der Waals surface area contributed by atoms with E-state index in [4.69, 9.17) is 0 Å². The van der Waals surface area contributed by atoms with Crippen LogP contribution >= 0.6 is 0 Å². The van der Waals surface area contributed by atoms with Gasteiger partial charge in [0.1, 0.15) is 37.9 Å². The Hall–Kier alpha value is -2.88. The number of aromatic nitrogens is 4. The van der Waals surface area contributed by atoms with Crippen molar-refractivity contribution in [1.29, 1.82) is 0 Å². The second-order valence-electron chi connectivity index (χ2n) is 7.18. The highest BCUT2D eigenvalue weighted by Gasteiger charge is 2.11. The summed E-state index contributed by atoms with van der Waals surface area (Å²) in [5, 5.41) is 2.60. The number of imidazole rings is 2. The van der Waals surface area contributed by atoms with E-state index in [1.54, 1.807) is 0 Å². The molecule has 2 aromatic heterocycles. The molecular weight excluding hydrogens is 320 g/mol. The zero-order chi connectivity index (χ0) is 18.3. The molecule has 4 heteroatoms. The Kier molecular flexibility index (Phi) is 4.11. The molecule has 0 N–H and O–H groups in total. The first kappa shape index (κ1) is 16.6. The summed E-state index contributed by atoms with van der Waals surface area (Å²) in [4.78, 5) is 0. The summed E-state index contributed by atoms with van der Waals surface area (Å²) in [5.74, 6) is 2.52. The maximum absolute atomic E-state index is 2.31. The molecule has 0 unspecified atom stereocenters. The second-order valence-corrected chi connectivity index (χ2v) is 7.18. The van der Waals surface area contributed by atoms with E-state index in [0.29, 0.717) is 0 Å². The Morgan fingerprint density at radius 2 is 1.12 bits per heavy atom. The molecule has 2 aromatic carbocycles. The van der Waals surface area contributed by atoms with Crippen molar-refractivity contribution in [2.24, 2.45) is 14.1 Å². The highest BCUT2D eigenvalue weighted by Crippen LogP contribution is 2.19. The molecule has 0 saturated heterocycles. The maximum atomic E-state index is 2.31. The van der Waals surface area contributed by atoms with Crippen molar-refractivity contribution in [1.82, 2.24) is 9.13 Å². The summed E-state index contributed by atoms with van der Waals surface area (Å²) >= 11 is 0. The summed E-state index contributed by atoms with van der Waals surface area (Å²) < 4.78 is 8.86. The first-order valence-electron chi connectivity index (χ1n) is 9.05. The smallest absolute Gasteiger partial charge is 0.237 e. The van der Waals surface area contributed by atoms with Crippen LogP contribution in [-0.2, 0) is 27.2 Å². The van der Waals surface area contributed by atoms with Crippen LogP contribution < -0.4 is 9.13 Å². The molecule has 4 nitrogen and oxygen atoms in total. The third-order valence-corrected chi connectivity index (χ3v) is 5.47. The molecule has 0 aliphatic rings. The van der Waals surface area contributed by atoms with Crippen LogP contribution in [0.25, 0.3) is 10.8 Å². The average molecular weight is 346 g/mol. The van der Waals surface area contributed by atoms with E-state index < -0.39 is 0 Å². The van der Waals surface area contributed by atoms with Crippen molar-refractivity contribution in [2.75, 3.05) is 0 Å². The first-order valence-corrected chi connectivity index (χ1v) is 9.05. The van der Waals surface area contributed by atoms with Crippen LogP contribution in [0.4, 0.5) is 0 Å². The first-order chi connectivity index (χ1) is 12.5. The minimum atomic E-state index is 0.906. The summed E-state index contributed by atoms with van der Waals surface area (Å²) in [6.07, 6.45) is 8.49. The molecule has 2 heterocycles. The molecule has 0 atom stereocenters. The van der Waals surface area contributed by atoms with Gasteiger partial charge in [-0.25, -0.2) is 18.3 Å². The third kappa shape index (κ3) is 3.03. The number of fused-ring (bicyclic) bond motifs is 1. The monoisotopic (exact) mass is 346 g/mol. The molecule has 4 rings (SSSR count). The quantitative estimate of drug-likeness (QED) is 0.506. The van der Waals surface area contributed by atoms with Crippen molar-refractivity contribution >= 4 is 10.8 Å². The van der Waals surface area contributed by atoms with Gasteiger partial charge in [-0.15, -0.1) is 0 Å². The molecule has 0 spiro atoms. The highest BCUT2D eigenvalue weighted by atomic mass is 15.1. The minimum Gasteiger partial charge on any atom is -0.237 e. The molecule has 132 valence electrons. The predicted octanol–water partition coefficient (Wildman–Crippen LogP) is 2.81. The van der Waals surface area contributed by atoms with Gasteiger partial charge in [-0.3, -0.25) is 0 Å². The molecule has 0 aliphatic heterocycles. The van der Waals surface area contributed by atoms with E-state index in [9.17, 15) is 0 Å². The summed E-state index contributed by atoms with van der Waals surface area (Å²) in [6.45, 7) is 6.11. The number of benzene rings is 2. The number of aryl methyl sites for hydroxylation is 2. The number of nitrogens with zero attached hydrogens (tertiary/aromatic N) is 4. The SMILES string of the molecule is Cc1n(Cc2ccc3cc(Cn4cc[n+](C)c4C)ccc3c2)cc[n+]1C. The van der Waals surface area contributed by atoms with Crippen LogP contribution in [-0.4, -0.2) is 9.13 Å². The van der Waals surface area contributed by atoms with E-state index in [1.165, 1.54) is 33.5 Å². The Morgan fingerprint density at radius 1 is 0.692 bits per heavy atom. The lowest BCUT2D eigenvalue weighted by molar-refractivity contribution is -0.677. The number of hydrogen-bond donors (Lipinski definition) is 0. The maximum Gasteiger partial charge on any atom is 0.253 e. The van der Waals surface area contributed by atoms with Crippen LogP contribution in [0.5, 0.6) is 0 Å². The van der Waals surface area contributed by atoms with Gasteiger partial charge >= 0.3 is 0 Å². The largest absolute Gasteiger partial charge is 0.253 e. The lowest BCUT2D eigenvalue weighted by Crippen LogP contribution is -2.29. The zero-order valence-electron chi connectivity index (χ0n) is 16.0. The van der Waals surface area contributed by atoms with E-state index in [0.717, 1.165) is 13.1 Å². The Labute approximate surface area is 154 Å². The number of hydrogen-bond acceptors (Lipinski definition) is 0. The van der Waals surface area contributed by atoms with Gasteiger partial charge in [0.15, 0.2) is 0 Å². The third-order valence-electron chi connectivity index (χ3n) is 5.47. The van der Waals surface area contributed by atoms with Crippen LogP contribution in [0.3, 0.4) is 0 Å². The number of rotatable bonds is 4. The second kappa shape index (κ2) is 6.45. The highest BCUT2D eigenvalue weighted by molar-refractivity contribution is 5.83. The summed E-state index contributed by atoms with van der Waals surface area (Å²) in [5.41, 5.74) is 2.66. The van der Waals surface area contributed by atoms with Crippen molar-refractivity contribution in [2.45, 2.75) is 26.9 Å². The van der Waals surface area contributed by atoms with Crippen LogP contribution in [0.15, 0.2) is 61.2 Å². The Morgan fingerprint density at radius 3 is 1.46 bits per heavy atom. The summed E-state index contributed by atoms with van der Waals surface area (Å²) in [7, 11) is 4.17. The fourth-order valence-corrected chi connectivity index (χ4v) is 3.47.